The average molecular weight is 359 g/mol. The summed E-state index contributed by atoms with van der Waals surface area (Å²) >= 11 is 0. The van der Waals surface area contributed by atoms with Crippen molar-refractivity contribution in [1.82, 2.24) is 0 Å². The third-order valence-electron chi connectivity index (χ3n) is 5.31. The van der Waals surface area contributed by atoms with E-state index in [0.717, 1.165) is 31.4 Å². The molecule has 0 unspecified atom stereocenters. The topological polar surface area (TPSA) is 9.23 Å². The smallest absolute Gasteiger partial charge is 0.118 e. The van der Waals surface area contributed by atoms with Crippen LogP contribution in [-0.2, 0) is 25.7 Å². The first-order chi connectivity index (χ1) is 13.3. The van der Waals surface area contributed by atoms with Crippen molar-refractivity contribution >= 4 is 0 Å². The van der Waals surface area contributed by atoms with Gasteiger partial charge in [0.2, 0.25) is 0 Å². The molecule has 0 spiro atoms. The zero-order valence-electron chi connectivity index (χ0n) is 16.6. The van der Waals surface area contributed by atoms with E-state index in [1.807, 2.05) is 0 Å². The maximum atomic E-state index is 5.24. The Bertz CT molecular complexity index is 819. The van der Waals surface area contributed by atoms with Gasteiger partial charge in [0.25, 0.3) is 0 Å². The van der Waals surface area contributed by atoms with Crippen LogP contribution in [0.2, 0.25) is 0 Å². The molecule has 3 aromatic carbocycles. The van der Waals surface area contributed by atoms with Gasteiger partial charge in [0.1, 0.15) is 5.75 Å². The van der Waals surface area contributed by atoms with Gasteiger partial charge in [-0.3, -0.25) is 0 Å². The Balaban J connectivity index is 1.55. The SMILES string of the molecule is COc1ccc(CCCc2c(C)cccc2CCCc2ccccc2)cc1. The number of methoxy groups -OCH3 is 1. The van der Waals surface area contributed by atoms with Crippen LogP contribution >= 0.6 is 0 Å². The lowest BCUT2D eigenvalue weighted by atomic mass is 9.92. The predicted octanol–water partition coefficient (Wildman–Crippen LogP) is 6.35. The molecular weight excluding hydrogens is 328 g/mol. The van der Waals surface area contributed by atoms with Crippen LogP contribution in [0.15, 0.2) is 72.8 Å². The zero-order chi connectivity index (χ0) is 18.9. The number of hydrogen-bond acceptors (Lipinski definition) is 1. The molecular formula is C26H30O. The van der Waals surface area contributed by atoms with Gasteiger partial charge < -0.3 is 4.74 Å². The predicted molar refractivity (Wildman–Crippen MR) is 115 cm³/mol. The van der Waals surface area contributed by atoms with E-state index in [-0.39, 0.29) is 0 Å². The maximum absolute atomic E-state index is 5.24. The summed E-state index contributed by atoms with van der Waals surface area (Å²) in [7, 11) is 1.71. The minimum atomic E-state index is 0.929. The van der Waals surface area contributed by atoms with Gasteiger partial charge in [-0.1, -0.05) is 60.7 Å². The number of ether oxygens (including phenoxy) is 1. The Labute approximate surface area is 164 Å². The summed E-state index contributed by atoms with van der Waals surface area (Å²) < 4.78 is 5.24. The Morgan fingerprint density at radius 1 is 0.630 bits per heavy atom. The zero-order valence-corrected chi connectivity index (χ0v) is 16.6. The molecule has 0 aliphatic carbocycles. The fraction of sp³-hybridized carbons (Fsp3) is 0.308. The van der Waals surface area contributed by atoms with Gasteiger partial charge in [-0.2, -0.15) is 0 Å². The second-order valence-electron chi connectivity index (χ2n) is 7.25. The van der Waals surface area contributed by atoms with E-state index in [4.69, 9.17) is 4.74 Å². The summed E-state index contributed by atoms with van der Waals surface area (Å²) in [6.07, 6.45) is 6.97. The molecule has 0 saturated carbocycles. The van der Waals surface area contributed by atoms with Gasteiger partial charge in [0.15, 0.2) is 0 Å². The highest BCUT2D eigenvalue weighted by Crippen LogP contribution is 2.20. The molecule has 0 bridgehead atoms. The lowest BCUT2D eigenvalue weighted by Crippen LogP contribution is -2.00. The molecule has 0 heterocycles. The Kier molecular flexibility index (Phi) is 7.10. The van der Waals surface area contributed by atoms with Crippen molar-refractivity contribution in [3.8, 4) is 5.75 Å². The van der Waals surface area contributed by atoms with Crippen molar-refractivity contribution in [1.29, 1.82) is 0 Å². The van der Waals surface area contributed by atoms with Crippen molar-refractivity contribution in [2.24, 2.45) is 0 Å². The molecule has 0 N–H and O–H groups in total. The molecule has 140 valence electrons. The standard InChI is InChI=1S/C26H30O/c1-21-9-6-14-24(15-7-12-22-10-4-3-5-11-22)26(21)16-8-13-23-17-19-25(27-2)20-18-23/h3-6,9-11,14,17-20H,7-8,12-13,15-16H2,1-2H3. The first kappa shape index (κ1) is 19.2. The third kappa shape index (κ3) is 5.72. The van der Waals surface area contributed by atoms with E-state index in [9.17, 15) is 0 Å². The van der Waals surface area contributed by atoms with Crippen molar-refractivity contribution < 1.29 is 4.74 Å². The first-order valence-electron chi connectivity index (χ1n) is 10.0. The van der Waals surface area contributed by atoms with E-state index >= 15 is 0 Å². The number of aryl methyl sites for hydroxylation is 4. The quantitative estimate of drug-likeness (QED) is 0.433. The molecule has 1 heteroatoms. The number of benzene rings is 3. The second-order valence-corrected chi connectivity index (χ2v) is 7.25. The van der Waals surface area contributed by atoms with Crippen molar-refractivity contribution in [2.75, 3.05) is 7.11 Å². The van der Waals surface area contributed by atoms with E-state index in [1.165, 1.54) is 35.1 Å². The Hall–Kier alpha value is -2.54. The fourth-order valence-electron chi connectivity index (χ4n) is 3.74. The Morgan fingerprint density at radius 2 is 1.30 bits per heavy atom. The summed E-state index contributed by atoms with van der Waals surface area (Å²) in [6.45, 7) is 2.25. The molecule has 3 rings (SSSR count). The van der Waals surface area contributed by atoms with E-state index in [1.54, 1.807) is 12.7 Å². The molecule has 0 aromatic heterocycles. The van der Waals surface area contributed by atoms with Crippen molar-refractivity contribution in [3.63, 3.8) is 0 Å². The molecule has 3 aromatic rings. The summed E-state index contributed by atoms with van der Waals surface area (Å²) in [5.74, 6) is 0.929. The first-order valence-corrected chi connectivity index (χ1v) is 10.0. The Morgan fingerprint density at radius 3 is 2.00 bits per heavy atom. The van der Waals surface area contributed by atoms with Crippen LogP contribution in [0.4, 0.5) is 0 Å². The lowest BCUT2D eigenvalue weighted by Gasteiger charge is -2.13. The maximum Gasteiger partial charge on any atom is 0.118 e. The van der Waals surface area contributed by atoms with Gasteiger partial charge in [-0.05, 0) is 85.4 Å². The van der Waals surface area contributed by atoms with Gasteiger partial charge in [-0.25, -0.2) is 0 Å². The molecule has 0 radical (unpaired) electrons. The van der Waals surface area contributed by atoms with Gasteiger partial charge in [0, 0.05) is 0 Å². The molecule has 0 atom stereocenters. The average Bonchev–Trinajstić information content (AvgIpc) is 2.71. The van der Waals surface area contributed by atoms with Crippen LogP contribution in [0.25, 0.3) is 0 Å². The van der Waals surface area contributed by atoms with Crippen molar-refractivity contribution in [2.45, 2.75) is 45.4 Å². The van der Waals surface area contributed by atoms with Crippen LogP contribution in [0.1, 0.15) is 40.7 Å². The second kappa shape index (κ2) is 9.97. The van der Waals surface area contributed by atoms with Crippen LogP contribution in [0.5, 0.6) is 5.75 Å². The van der Waals surface area contributed by atoms with E-state index < -0.39 is 0 Å². The monoisotopic (exact) mass is 358 g/mol. The summed E-state index contributed by atoms with van der Waals surface area (Å²) in [6, 6.07) is 26.1. The van der Waals surface area contributed by atoms with Gasteiger partial charge >= 0.3 is 0 Å². The highest BCUT2D eigenvalue weighted by atomic mass is 16.5. The number of hydrogen-bond donors (Lipinski definition) is 0. The third-order valence-corrected chi connectivity index (χ3v) is 5.31. The number of rotatable bonds is 9. The van der Waals surface area contributed by atoms with Gasteiger partial charge in [0.05, 0.1) is 7.11 Å². The van der Waals surface area contributed by atoms with Crippen LogP contribution in [0.3, 0.4) is 0 Å². The minimum Gasteiger partial charge on any atom is -0.497 e. The summed E-state index contributed by atoms with van der Waals surface area (Å²) in [5, 5.41) is 0. The summed E-state index contributed by atoms with van der Waals surface area (Å²) in [4.78, 5) is 0. The lowest BCUT2D eigenvalue weighted by molar-refractivity contribution is 0.414. The molecule has 0 aliphatic rings. The summed E-state index contributed by atoms with van der Waals surface area (Å²) in [5.41, 5.74) is 7.34. The van der Waals surface area contributed by atoms with E-state index in [0.29, 0.717) is 0 Å². The highest BCUT2D eigenvalue weighted by molar-refractivity contribution is 5.35. The van der Waals surface area contributed by atoms with Crippen LogP contribution < -0.4 is 4.74 Å². The van der Waals surface area contributed by atoms with E-state index in [2.05, 4.69) is 79.7 Å². The molecule has 0 saturated heterocycles. The fourth-order valence-corrected chi connectivity index (χ4v) is 3.74. The highest BCUT2D eigenvalue weighted by Gasteiger charge is 2.06. The molecule has 0 aliphatic heterocycles. The van der Waals surface area contributed by atoms with Crippen LogP contribution in [-0.4, -0.2) is 7.11 Å². The van der Waals surface area contributed by atoms with Crippen molar-refractivity contribution in [3.05, 3.63) is 101 Å². The van der Waals surface area contributed by atoms with Crippen LogP contribution in [0, 0.1) is 6.92 Å². The largest absolute Gasteiger partial charge is 0.497 e. The van der Waals surface area contributed by atoms with Gasteiger partial charge in [-0.15, -0.1) is 0 Å². The molecule has 27 heavy (non-hydrogen) atoms. The minimum absolute atomic E-state index is 0.929. The molecule has 0 fully saturated rings. The molecule has 1 nitrogen and oxygen atoms in total. The molecule has 0 amide bonds. The normalized spacial score (nSPS) is 10.7.